The number of carbonyl (C=O) groups excluding carboxylic acids is 1. The molecule has 0 saturated heterocycles. The highest BCUT2D eigenvalue weighted by Crippen LogP contribution is 2.36. The maximum Gasteiger partial charge on any atom is 0.339 e. The van der Waals surface area contributed by atoms with Crippen LogP contribution < -0.4 is 0 Å². The van der Waals surface area contributed by atoms with Gasteiger partial charge in [-0.3, -0.25) is 0 Å². The molecule has 2 heterocycles. The second-order valence-corrected chi connectivity index (χ2v) is 6.05. The van der Waals surface area contributed by atoms with Gasteiger partial charge in [0.2, 0.25) is 0 Å². The molecule has 0 aliphatic rings. The molecule has 0 amide bonds. The molecule has 16 heavy (non-hydrogen) atoms. The zero-order chi connectivity index (χ0) is 11.7. The van der Waals surface area contributed by atoms with Gasteiger partial charge >= 0.3 is 5.97 Å². The molecule has 0 fully saturated rings. The van der Waals surface area contributed by atoms with Crippen LogP contribution in [0.4, 0.5) is 0 Å². The van der Waals surface area contributed by atoms with Crippen molar-refractivity contribution in [1.82, 2.24) is 0 Å². The molecule has 0 unspecified atom stereocenters. The lowest BCUT2D eigenvalue weighted by Gasteiger charge is -1.98. The van der Waals surface area contributed by atoms with Crippen LogP contribution in [-0.4, -0.2) is 13.1 Å². The van der Waals surface area contributed by atoms with Gasteiger partial charge in [0.1, 0.15) is 0 Å². The van der Waals surface area contributed by atoms with Crippen molar-refractivity contribution in [2.75, 3.05) is 7.11 Å². The van der Waals surface area contributed by atoms with E-state index in [1.165, 1.54) is 12.0 Å². The molecule has 2 aromatic rings. The van der Waals surface area contributed by atoms with Crippen LogP contribution in [0.25, 0.3) is 9.75 Å². The van der Waals surface area contributed by atoms with E-state index in [4.69, 9.17) is 4.74 Å². The topological polar surface area (TPSA) is 26.3 Å². The predicted molar refractivity (Wildman–Crippen MR) is 68.4 cm³/mol. The zero-order valence-corrected chi connectivity index (χ0v) is 11.0. The summed E-state index contributed by atoms with van der Waals surface area (Å²) in [7, 11) is 1.42. The highest BCUT2D eigenvalue weighted by atomic mass is 32.1. The fourth-order valence-electron chi connectivity index (χ4n) is 1.52. The summed E-state index contributed by atoms with van der Waals surface area (Å²) in [5.41, 5.74) is 0.673. The summed E-state index contributed by atoms with van der Waals surface area (Å²) in [6, 6.07) is 6.01. The molecule has 0 spiro atoms. The number of hydrogen-bond acceptors (Lipinski definition) is 4. The van der Waals surface area contributed by atoms with Gasteiger partial charge in [0.15, 0.2) is 0 Å². The third kappa shape index (κ3) is 2.03. The fourth-order valence-corrected chi connectivity index (χ4v) is 3.51. The first-order valence-corrected chi connectivity index (χ1v) is 6.50. The van der Waals surface area contributed by atoms with Gasteiger partial charge in [0, 0.05) is 14.6 Å². The van der Waals surface area contributed by atoms with Gasteiger partial charge in [-0.1, -0.05) is 0 Å². The minimum Gasteiger partial charge on any atom is -0.465 e. The fraction of sp³-hybridized carbons (Fsp3) is 0.250. The predicted octanol–water partition coefficient (Wildman–Crippen LogP) is 3.88. The SMILES string of the molecule is COC(=O)c1cc(C)sc1-c1ccc(C)s1. The third-order valence-electron chi connectivity index (χ3n) is 2.22. The van der Waals surface area contributed by atoms with E-state index in [-0.39, 0.29) is 5.97 Å². The number of ether oxygens (including phenoxy) is 1. The van der Waals surface area contributed by atoms with E-state index in [9.17, 15) is 4.79 Å². The maximum atomic E-state index is 11.6. The normalized spacial score (nSPS) is 10.4. The molecule has 4 heteroatoms. The van der Waals surface area contributed by atoms with Crippen molar-refractivity contribution in [3.63, 3.8) is 0 Å². The molecule has 0 aliphatic carbocycles. The summed E-state index contributed by atoms with van der Waals surface area (Å²) in [5, 5.41) is 0. The maximum absolute atomic E-state index is 11.6. The Bertz CT molecular complexity index is 523. The average Bonchev–Trinajstić information content (AvgIpc) is 2.83. The van der Waals surface area contributed by atoms with E-state index in [2.05, 4.69) is 19.1 Å². The summed E-state index contributed by atoms with van der Waals surface area (Å²) in [6.07, 6.45) is 0. The van der Waals surface area contributed by atoms with Gasteiger partial charge in [-0.2, -0.15) is 0 Å². The van der Waals surface area contributed by atoms with Gasteiger partial charge in [0.05, 0.1) is 17.6 Å². The van der Waals surface area contributed by atoms with E-state index in [0.29, 0.717) is 5.56 Å². The summed E-state index contributed by atoms with van der Waals surface area (Å²) in [4.78, 5) is 16.1. The second-order valence-electron chi connectivity index (χ2n) is 3.50. The van der Waals surface area contributed by atoms with E-state index >= 15 is 0 Å². The Kier molecular flexibility index (Phi) is 3.12. The van der Waals surface area contributed by atoms with Crippen LogP contribution in [0.15, 0.2) is 18.2 Å². The number of methoxy groups -OCH3 is 1. The van der Waals surface area contributed by atoms with Crippen molar-refractivity contribution < 1.29 is 9.53 Å². The van der Waals surface area contributed by atoms with E-state index in [1.807, 2.05) is 13.0 Å². The monoisotopic (exact) mass is 252 g/mol. The third-order valence-corrected chi connectivity index (χ3v) is 4.46. The quantitative estimate of drug-likeness (QED) is 0.758. The largest absolute Gasteiger partial charge is 0.465 e. The van der Waals surface area contributed by atoms with Crippen LogP contribution >= 0.6 is 22.7 Å². The lowest BCUT2D eigenvalue weighted by Crippen LogP contribution is -2.00. The molecule has 0 N–H and O–H groups in total. The highest BCUT2D eigenvalue weighted by molar-refractivity contribution is 7.22. The number of carbonyl (C=O) groups is 1. The number of hydrogen-bond donors (Lipinski definition) is 0. The van der Waals surface area contributed by atoms with Crippen molar-refractivity contribution in [2.24, 2.45) is 0 Å². The van der Waals surface area contributed by atoms with Crippen LogP contribution in [0.3, 0.4) is 0 Å². The number of rotatable bonds is 2. The minimum atomic E-state index is -0.259. The molecule has 2 aromatic heterocycles. The molecule has 0 saturated carbocycles. The molecule has 2 rings (SSSR count). The standard InChI is InChI=1S/C12H12O2S2/c1-7-4-5-10(15-7)11-9(12(13)14-3)6-8(2)16-11/h4-6H,1-3H3. The van der Waals surface area contributed by atoms with Crippen molar-refractivity contribution in [2.45, 2.75) is 13.8 Å². The van der Waals surface area contributed by atoms with E-state index in [0.717, 1.165) is 14.6 Å². The smallest absolute Gasteiger partial charge is 0.339 e. The molecule has 2 nitrogen and oxygen atoms in total. The van der Waals surface area contributed by atoms with Crippen molar-refractivity contribution in [1.29, 1.82) is 0 Å². The van der Waals surface area contributed by atoms with Gasteiger partial charge in [-0.15, -0.1) is 22.7 Å². The first kappa shape index (κ1) is 11.4. The molecular weight excluding hydrogens is 240 g/mol. The summed E-state index contributed by atoms with van der Waals surface area (Å²) < 4.78 is 4.79. The van der Waals surface area contributed by atoms with E-state index < -0.39 is 0 Å². The lowest BCUT2D eigenvalue weighted by atomic mass is 10.2. The van der Waals surface area contributed by atoms with Gasteiger partial charge in [-0.05, 0) is 32.0 Å². The molecule has 84 valence electrons. The molecule has 0 atom stereocenters. The lowest BCUT2D eigenvalue weighted by molar-refractivity contribution is 0.0602. The molecular formula is C12H12O2S2. The number of thiophene rings is 2. The highest BCUT2D eigenvalue weighted by Gasteiger charge is 2.17. The Hall–Kier alpha value is -1.13. The van der Waals surface area contributed by atoms with Crippen LogP contribution in [0, 0.1) is 13.8 Å². The Morgan fingerprint density at radius 2 is 1.94 bits per heavy atom. The molecule has 0 aromatic carbocycles. The first-order chi connectivity index (χ1) is 7.61. The van der Waals surface area contributed by atoms with Crippen molar-refractivity contribution in [3.05, 3.63) is 33.5 Å². The van der Waals surface area contributed by atoms with Gasteiger partial charge < -0.3 is 4.74 Å². The number of aryl methyl sites for hydroxylation is 2. The number of esters is 1. The van der Waals surface area contributed by atoms with Crippen LogP contribution in [0.2, 0.25) is 0 Å². The van der Waals surface area contributed by atoms with Gasteiger partial charge in [0.25, 0.3) is 0 Å². The Morgan fingerprint density at radius 1 is 1.19 bits per heavy atom. The zero-order valence-electron chi connectivity index (χ0n) is 9.37. The first-order valence-electron chi connectivity index (χ1n) is 4.87. The Labute approximate surface area is 103 Å². The molecule has 0 bridgehead atoms. The van der Waals surface area contributed by atoms with Crippen LogP contribution in [-0.2, 0) is 4.74 Å². The van der Waals surface area contributed by atoms with Crippen molar-refractivity contribution in [3.8, 4) is 9.75 Å². The average molecular weight is 252 g/mol. The van der Waals surface area contributed by atoms with Crippen LogP contribution in [0.1, 0.15) is 20.1 Å². The second kappa shape index (κ2) is 4.39. The van der Waals surface area contributed by atoms with Crippen LogP contribution in [0.5, 0.6) is 0 Å². The Morgan fingerprint density at radius 3 is 2.50 bits per heavy atom. The van der Waals surface area contributed by atoms with Crippen molar-refractivity contribution >= 4 is 28.6 Å². The van der Waals surface area contributed by atoms with E-state index in [1.54, 1.807) is 22.7 Å². The minimum absolute atomic E-state index is 0.259. The molecule has 0 radical (unpaired) electrons. The summed E-state index contributed by atoms with van der Waals surface area (Å²) in [6.45, 7) is 4.06. The summed E-state index contributed by atoms with van der Waals surface area (Å²) in [5.74, 6) is -0.259. The van der Waals surface area contributed by atoms with Gasteiger partial charge in [-0.25, -0.2) is 4.79 Å². The molecule has 0 aliphatic heterocycles. The Balaban J connectivity index is 2.52. The summed E-state index contributed by atoms with van der Waals surface area (Å²) >= 11 is 3.33.